The van der Waals surface area contributed by atoms with Gasteiger partial charge in [-0.2, -0.15) is 5.26 Å². The highest BCUT2D eigenvalue weighted by atomic mass is 32.2. The lowest BCUT2D eigenvalue weighted by Gasteiger charge is -2.19. The lowest BCUT2D eigenvalue weighted by atomic mass is 10.1. The van der Waals surface area contributed by atoms with Gasteiger partial charge in [0.05, 0.1) is 38.3 Å². The number of nitriles is 1. The van der Waals surface area contributed by atoms with Crippen LogP contribution in [0.5, 0.6) is 17.2 Å². The topological polar surface area (TPSA) is 127 Å². The van der Waals surface area contributed by atoms with Gasteiger partial charge in [-0.25, -0.2) is 13.1 Å². The standard InChI is InChI=1S/C21H25N3O6S/c1-14(16-12-18(28-2)20(30-4)19(13-16)29-3)24-21(25)15-6-8-17(9-7-15)31(26,27)23-11-5-10-22/h6-9,12-14,23H,5,11H2,1-4H3,(H,24,25). The molecule has 9 nitrogen and oxygen atoms in total. The largest absolute Gasteiger partial charge is 0.493 e. The normalized spacial score (nSPS) is 11.8. The monoisotopic (exact) mass is 447 g/mol. The van der Waals surface area contributed by atoms with E-state index in [0.29, 0.717) is 22.8 Å². The van der Waals surface area contributed by atoms with E-state index in [9.17, 15) is 13.2 Å². The SMILES string of the molecule is COc1cc(C(C)NC(=O)c2ccc(S(=O)(=O)NCCC#N)cc2)cc(OC)c1OC. The Hall–Kier alpha value is -3.29. The third kappa shape index (κ3) is 5.87. The van der Waals surface area contributed by atoms with E-state index in [2.05, 4.69) is 10.0 Å². The van der Waals surface area contributed by atoms with Crippen LogP contribution in [0.15, 0.2) is 41.3 Å². The molecule has 1 amide bonds. The number of benzene rings is 2. The van der Waals surface area contributed by atoms with E-state index in [0.717, 1.165) is 5.56 Å². The quantitative estimate of drug-likeness (QED) is 0.536. The second-order valence-electron chi connectivity index (χ2n) is 6.48. The van der Waals surface area contributed by atoms with E-state index in [1.807, 2.05) is 6.07 Å². The van der Waals surface area contributed by atoms with E-state index < -0.39 is 16.1 Å². The molecule has 0 aliphatic carbocycles. The summed E-state index contributed by atoms with van der Waals surface area (Å²) in [4.78, 5) is 12.6. The number of amides is 1. The number of nitrogens with zero attached hydrogens (tertiary/aromatic N) is 1. The molecule has 0 radical (unpaired) electrons. The number of ether oxygens (including phenoxy) is 3. The van der Waals surface area contributed by atoms with Gasteiger partial charge in [-0.1, -0.05) is 0 Å². The maximum Gasteiger partial charge on any atom is 0.251 e. The zero-order valence-electron chi connectivity index (χ0n) is 17.8. The second kappa shape index (κ2) is 10.7. The molecule has 0 spiro atoms. The fourth-order valence-corrected chi connectivity index (χ4v) is 3.86. The fourth-order valence-electron chi connectivity index (χ4n) is 2.82. The fraction of sp³-hybridized carbons (Fsp3) is 0.333. The third-order valence-electron chi connectivity index (χ3n) is 4.49. The summed E-state index contributed by atoms with van der Waals surface area (Å²) in [6.07, 6.45) is 0.0680. The van der Waals surface area contributed by atoms with Crippen molar-refractivity contribution in [2.45, 2.75) is 24.3 Å². The van der Waals surface area contributed by atoms with Gasteiger partial charge in [0.2, 0.25) is 15.8 Å². The molecule has 1 unspecified atom stereocenters. The van der Waals surface area contributed by atoms with Crippen molar-refractivity contribution < 1.29 is 27.4 Å². The van der Waals surface area contributed by atoms with Crippen LogP contribution in [0.2, 0.25) is 0 Å². The molecule has 31 heavy (non-hydrogen) atoms. The van der Waals surface area contributed by atoms with Gasteiger partial charge in [0, 0.05) is 18.5 Å². The Labute approximate surface area is 182 Å². The Morgan fingerprint density at radius 3 is 2.13 bits per heavy atom. The average molecular weight is 448 g/mol. The molecular weight excluding hydrogens is 422 g/mol. The molecule has 2 aromatic rings. The van der Waals surface area contributed by atoms with E-state index >= 15 is 0 Å². The first-order chi connectivity index (χ1) is 14.8. The zero-order chi connectivity index (χ0) is 23.0. The Kier molecular flexibility index (Phi) is 8.24. The van der Waals surface area contributed by atoms with Crippen molar-refractivity contribution in [3.63, 3.8) is 0 Å². The molecule has 0 saturated heterocycles. The van der Waals surface area contributed by atoms with Gasteiger partial charge in [-0.15, -0.1) is 0 Å². The summed E-state index contributed by atoms with van der Waals surface area (Å²) in [5.74, 6) is 1.02. The van der Waals surface area contributed by atoms with Gasteiger partial charge in [-0.3, -0.25) is 4.79 Å². The summed E-state index contributed by atoms with van der Waals surface area (Å²) in [6, 6.07) is 10.5. The molecule has 0 heterocycles. The predicted octanol–water partition coefficient (Wildman–Crippen LogP) is 2.40. The Bertz CT molecular complexity index is 1040. The van der Waals surface area contributed by atoms with Gasteiger partial charge in [0.1, 0.15) is 0 Å². The van der Waals surface area contributed by atoms with Crippen LogP contribution in [0.4, 0.5) is 0 Å². The molecular formula is C21H25N3O6S. The number of sulfonamides is 1. The summed E-state index contributed by atoms with van der Waals surface area (Å²) < 4.78 is 42.7. The van der Waals surface area contributed by atoms with Gasteiger partial charge >= 0.3 is 0 Å². The molecule has 0 bridgehead atoms. The minimum atomic E-state index is -3.74. The summed E-state index contributed by atoms with van der Waals surface area (Å²) in [7, 11) is 0.791. The number of carbonyl (C=O) groups excluding carboxylic acids is 1. The molecule has 0 saturated carbocycles. The Morgan fingerprint density at radius 1 is 1.06 bits per heavy atom. The van der Waals surface area contributed by atoms with Crippen LogP contribution in [0.3, 0.4) is 0 Å². The van der Waals surface area contributed by atoms with Gasteiger partial charge in [0.15, 0.2) is 11.5 Å². The van der Waals surface area contributed by atoms with Crippen molar-refractivity contribution in [2.24, 2.45) is 0 Å². The number of methoxy groups -OCH3 is 3. The summed E-state index contributed by atoms with van der Waals surface area (Å²) in [5.41, 5.74) is 1.04. The molecule has 0 aliphatic heterocycles. The Morgan fingerprint density at radius 2 is 1.65 bits per heavy atom. The first-order valence-electron chi connectivity index (χ1n) is 9.34. The lowest BCUT2D eigenvalue weighted by Crippen LogP contribution is -2.27. The zero-order valence-corrected chi connectivity index (χ0v) is 18.6. The summed E-state index contributed by atoms with van der Waals surface area (Å²) in [5, 5.41) is 11.4. The van der Waals surface area contributed by atoms with Crippen LogP contribution >= 0.6 is 0 Å². The van der Waals surface area contributed by atoms with Crippen molar-refractivity contribution in [1.29, 1.82) is 5.26 Å². The predicted molar refractivity (Wildman–Crippen MR) is 114 cm³/mol. The van der Waals surface area contributed by atoms with Crippen molar-refractivity contribution in [1.82, 2.24) is 10.0 Å². The molecule has 1 atom stereocenters. The molecule has 166 valence electrons. The third-order valence-corrected chi connectivity index (χ3v) is 5.97. The maximum atomic E-state index is 12.6. The number of hydrogen-bond donors (Lipinski definition) is 2. The van der Waals surface area contributed by atoms with E-state index in [1.165, 1.54) is 45.6 Å². The number of carbonyl (C=O) groups is 1. The molecule has 2 aromatic carbocycles. The number of rotatable bonds is 10. The van der Waals surface area contributed by atoms with Crippen LogP contribution < -0.4 is 24.2 Å². The molecule has 0 aromatic heterocycles. The van der Waals surface area contributed by atoms with Gasteiger partial charge < -0.3 is 19.5 Å². The van der Waals surface area contributed by atoms with Crippen molar-refractivity contribution in [3.8, 4) is 23.3 Å². The lowest BCUT2D eigenvalue weighted by molar-refractivity contribution is 0.0939. The van der Waals surface area contributed by atoms with Crippen LogP contribution in [-0.4, -0.2) is 42.2 Å². The van der Waals surface area contributed by atoms with Crippen LogP contribution in [0, 0.1) is 11.3 Å². The van der Waals surface area contributed by atoms with Crippen LogP contribution in [0.25, 0.3) is 0 Å². The van der Waals surface area contributed by atoms with E-state index in [4.69, 9.17) is 19.5 Å². The average Bonchev–Trinajstić information content (AvgIpc) is 2.77. The van der Waals surface area contributed by atoms with Crippen LogP contribution in [0.1, 0.15) is 35.3 Å². The number of hydrogen-bond acceptors (Lipinski definition) is 7. The maximum absolute atomic E-state index is 12.6. The van der Waals surface area contributed by atoms with E-state index in [1.54, 1.807) is 19.1 Å². The highest BCUT2D eigenvalue weighted by Crippen LogP contribution is 2.39. The van der Waals surface area contributed by atoms with E-state index in [-0.39, 0.29) is 23.8 Å². The number of nitrogens with one attached hydrogen (secondary N) is 2. The molecule has 2 rings (SSSR count). The van der Waals surface area contributed by atoms with Gasteiger partial charge in [-0.05, 0) is 48.9 Å². The first kappa shape index (κ1) is 24.0. The van der Waals surface area contributed by atoms with Crippen molar-refractivity contribution >= 4 is 15.9 Å². The van der Waals surface area contributed by atoms with Crippen molar-refractivity contribution in [3.05, 3.63) is 47.5 Å². The van der Waals surface area contributed by atoms with Crippen LogP contribution in [-0.2, 0) is 10.0 Å². The molecule has 10 heteroatoms. The second-order valence-corrected chi connectivity index (χ2v) is 8.25. The molecule has 0 aliphatic rings. The Balaban J connectivity index is 2.16. The minimum absolute atomic E-state index is 0.0136. The van der Waals surface area contributed by atoms with Crippen molar-refractivity contribution in [2.75, 3.05) is 27.9 Å². The highest BCUT2D eigenvalue weighted by molar-refractivity contribution is 7.89. The summed E-state index contributed by atoms with van der Waals surface area (Å²) in [6.45, 7) is 1.82. The molecule has 2 N–H and O–H groups in total. The smallest absolute Gasteiger partial charge is 0.251 e. The first-order valence-corrected chi connectivity index (χ1v) is 10.8. The molecule has 0 fully saturated rings. The highest BCUT2D eigenvalue weighted by Gasteiger charge is 2.19. The van der Waals surface area contributed by atoms with Gasteiger partial charge in [0.25, 0.3) is 5.91 Å². The summed E-state index contributed by atoms with van der Waals surface area (Å²) >= 11 is 0. The minimum Gasteiger partial charge on any atom is -0.493 e.